The molecule has 25 heavy (non-hydrogen) atoms. The van der Waals surface area contributed by atoms with E-state index in [4.69, 9.17) is 4.74 Å². The zero-order valence-electron chi connectivity index (χ0n) is 14.8. The minimum atomic E-state index is -0.310. The van der Waals surface area contributed by atoms with Crippen LogP contribution in [0.1, 0.15) is 24.9 Å². The summed E-state index contributed by atoms with van der Waals surface area (Å²) < 4.78 is 6.82. The first-order chi connectivity index (χ1) is 12.2. The van der Waals surface area contributed by atoms with Crippen molar-refractivity contribution in [2.75, 3.05) is 33.3 Å². The fourth-order valence-corrected chi connectivity index (χ4v) is 3.13. The van der Waals surface area contributed by atoms with Gasteiger partial charge in [0.25, 0.3) is 0 Å². The van der Waals surface area contributed by atoms with Gasteiger partial charge in [0.1, 0.15) is 24.4 Å². The van der Waals surface area contributed by atoms with Crippen LogP contribution in [0.15, 0.2) is 36.9 Å². The van der Waals surface area contributed by atoms with E-state index in [9.17, 15) is 4.79 Å². The van der Waals surface area contributed by atoms with Gasteiger partial charge in [0.05, 0.1) is 7.11 Å². The second-order valence-electron chi connectivity index (χ2n) is 6.35. The van der Waals surface area contributed by atoms with Crippen molar-refractivity contribution in [2.24, 2.45) is 0 Å². The van der Waals surface area contributed by atoms with E-state index in [1.807, 2.05) is 24.0 Å². The van der Waals surface area contributed by atoms with Crippen LogP contribution in [0, 0.1) is 0 Å². The molecule has 3 rings (SSSR count). The molecule has 1 aliphatic rings. The van der Waals surface area contributed by atoms with E-state index < -0.39 is 0 Å². The minimum absolute atomic E-state index is 0.108. The lowest BCUT2D eigenvalue weighted by Gasteiger charge is -2.24. The average molecular weight is 343 g/mol. The van der Waals surface area contributed by atoms with Crippen molar-refractivity contribution < 1.29 is 9.53 Å². The Morgan fingerprint density at radius 3 is 2.68 bits per heavy atom. The number of rotatable bonds is 5. The molecule has 1 aliphatic heterocycles. The summed E-state index contributed by atoms with van der Waals surface area (Å²) in [5.41, 5.74) is 1.26. The smallest absolute Gasteiger partial charge is 0.247 e. The molecule has 0 radical (unpaired) electrons. The lowest BCUT2D eigenvalue weighted by atomic mass is 10.2. The maximum absolute atomic E-state index is 12.7. The largest absolute Gasteiger partial charge is 0.497 e. The Balaban J connectivity index is 1.55. The van der Waals surface area contributed by atoms with Crippen LogP contribution in [0.3, 0.4) is 0 Å². The van der Waals surface area contributed by atoms with Gasteiger partial charge in [-0.15, -0.1) is 0 Å². The number of aromatic nitrogens is 3. The maximum Gasteiger partial charge on any atom is 0.247 e. The molecule has 1 aromatic carbocycles. The summed E-state index contributed by atoms with van der Waals surface area (Å²) in [4.78, 5) is 21.0. The van der Waals surface area contributed by atoms with Crippen LogP contribution < -0.4 is 4.74 Å². The highest BCUT2D eigenvalue weighted by molar-refractivity contribution is 5.80. The molecule has 0 spiro atoms. The highest BCUT2D eigenvalue weighted by Gasteiger charge is 2.24. The van der Waals surface area contributed by atoms with Gasteiger partial charge in [-0.05, 0) is 31.0 Å². The molecule has 0 saturated carbocycles. The Morgan fingerprint density at radius 1 is 1.20 bits per heavy atom. The van der Waals surface area contributed by atoms with Crippen LogP contribution in [0.25, 0.3) is 0 Å². The van der Waals surface area contributed by atoms with E-state index in [1.165, 1.54) is 11.9 Å². The SMILES string of the molecule is COc1ccc(CN2CCCN(C(=O)[C@@H](C)n3cncn3)CC2)cc1. The van der Waals surface area contributed by atoms with E-state index in [0.29, 0.717) is 0 Å². The van der Waals surface area contributed by atoms with Crippen molar-refractivity contribution in [3.63, 3.8) is 0 Å². The highest BCUT2D eigenvalue weighted by Crippen LogP contribution is 2.15. The number of hydrogen-bond donors (Lipinski definition) is 0. The van der Waals surface area contributed by atoms with E-state index in [1.54, 1.807) is 18.1 Å². The first kappa shape index (κ1) is 17.4. The van der Waals surface area contributed by atoms with Crippen molar-refractivity contribution in [3.8, 4) is 5.75 Å². The standard InChI is InChI=1S/C18H25N5O2/c1-15(23-14-19-13-20-23)18(24)22-9-3-8-21(10-11-22)12-16-4-6-17(25-2)7-5-16/h4-7,13-15H,3,8-12H2,1-2H3/t15-/m1/s1. The monoisotopic (exact) mass is 343 g/mol. The number of nitrogens with zero attached hydrogens (tertiary/aromatic N) is 5. The molecule has 0 unspecified atom stereocenters. The summed E-state index contributed by atoms with van der Waals surface area (Å²) in [6.07, 6.45) is 4.03. The fourth-order valence-electron chi connectivity index (χ4n) is 3.13. The summed E-state index contributed by atoms with van der Waals surface area (Å²) in [7, 11) is 1.68. The Labute approximate surface area is 148 Å². The quantitative estimate of drug-likeness (QED) is 0.825. The predicted octanol–water partition coefficient (Wildman–Crippen LogP) is 1.58. The molecule has 1 fully saturated rings. The Bertz CT molecular complexity index is 671. The molecule has 1 amide bonds. The average Bonchev–Trinajstić information content (AvgIpc) is 3.08. The first-order valence-electron chi connectivity index (χ1n) is 8.65. The van der Waals surface area contributed by atoms with E-state index >= 15 is 0 Å². The normalized spacial score (nSPS) is 17.1. The Kier molecular flexibility index (Phi) is 5.65. The zero-order valence-corrected chi connectivity index (χ0v) is 14.8. The number of ether oxygens (including phenoxy) is 1. The van der Waals surface area contributed by atoms with Crippen LogP contribution in [0.5, 0.6) is 5.75 Å². The van der Waals surface area contributed by atoms with Crippen LogP contribution in [0.4, 0.5) is 0 Å². The van der Waals surface area contributed by atoms with Crippen LogP contribution >= 0.6 is 0 Å². The topological polar surface area (TPSA) is 63.5 Å². The Hall–Kier alpha value is -2.41. The van der Waals surface area contributed by atoms with Gasteiger partial charge >= 0.3 is 0 Å². The van der Waals surface area contributed by atoms with Crippen molar-refractivity contribution in [3.05, 3.63) is 42.5 Å². The first-order valence-corrected chi connectivity index (χ1v) is 8.65. The van der Waals surface area contributed by atoms with Gasteiger partial charge in [-0.25, -0.2) is 9.67 Å². The van der Waals surface area contributed by atoms with Crippen LogP contribution in [-0.2, 0) is 11.3 Å². The zero-order chi connectivity index (χ0) is 17.6. The maximum atomic E-state index is 12.7. The molecule has 2 aromatic rings. The van der Waals surface area contributed by atoms with E-state index in [2.05, 4.69) is 27.1 Å². The lowest BCUT2D eigenvalue weighted by molar-refractivity contribution is -0.134. The van der Waals surface area contributed by atoms with Crippen molar-refractivity contribution in [1.82, 2.24) is 24.6 Å². The fraction of sp³-hybridized carbons (Fsp3) is 0.500. The molecule has 1 saturated heterocycles. The van der Waals surface area contributed by atoms with Gasteiger partial charge in [0.2, 0.25) is 5.91 Å². The third-order valence-electron chi connectivity index (χ3n) is 4.66. The van der Waals surface area contributed by atoms with Gasteiger partial charge in [0, 0.05) is 32.7 Å². The van der Waals surface area contributed by atoms with E-state index in [0.717, 1.165) is 44.9 Å². The number of hydrogen-bond acceptors (Lipinski definition) is 5. The summed E-state index contributed by atoms with van der Waals surface area (Å²) >= 11 is 0. The molecule has 1 aromatic heterocycles. The molecule has 0 bridgehead atoms. The van der Waals surface area contributed by atoms with Gasteiger partial charge in [0.15, 0.2) is 0 Å². The molecule has 7 nitrogen and oxygen atoms in total. The van der Waals surface area contributed by atoms with Crippen molar-refractivity contribution >= 4 is 5.91 Å². The van der Waals surface area contributed by atoms with Gasteiger partial charge in [-0.3, -0.25) is 9.69 Å². The third kappa shape index (κ3) is 4.36. The number of carbonyl (C=O) groups is 1. The van der Waals surface area contributed by atoms with Crippen LogP contribution in [-0.4, -0.2) is 63.8 Å². The molecule has 134 valence electrons. The summed E-state index contributed by atoms with van der Waals surface area (Å²) in [5, 5.41) is 4.08. The van der Waals surface area contributed by atoms with Crippen molar-refractivity contribution in [2.45, 2.75) is 25.9 Å². The number of carbonyl (C=O) groups excluding carboxylic acids is 1. The second kappa shape index (κ2) is 8.11. The van der Waals surface area contributed by atoms with Crippen molar-refractivity contribution in [1.29, 1.82) is 0 Å². The number of benzene rings is 1. The van der Waals surface area contributed by atoms with Gasteiger partial charge < -0.3 is 9.64 Å². The molecule has 1 atom stereocenters. The van der Waals surface area contributed by atoms with E-state index in [-0.39, 0.29) is 11.9 Å². The molecular formula is C18H25N5O2. The second-order valence-corrected chi connectivity index (χ2v) is 6.35. The van der Waals surface area contributed by atoms with Crippen LogP contribution in [0.2, 0.25) is 0 Å². The molecule has 0 aliphatic carbocycles. The summed E-state index contributed by atoms with van der Waals surface area (Å²) in [6.45, 7) is 6.17. The summed E-state index contributed by atoms with van der Waals surface area (Å²) in [6, 6.07) is 7.86. The summed E-state index contributed by atoms with van der Waals surface area (Å²) in [5.74, 6) is 0.982. The molecule has 0 N–H and O–H groups in total. The van der Waals surface area contributed by atoms with Gasteiger partial charge in [-0.1, -0.05) is 12.1 Å². The highest BCUT2D eigenvalue weighted by atomic mass is 16.5. The predicted molar refractivity (Wildman–Crippen MR) is 94.2 cm³/mol. The number of amides is 1. The van der Waals surface area contributed by atoms with Gasteiger partial charge in [-0.2, -0.15) is 5.10 Å². The molecule has 7 heteroatoms. The number of methoxy groups -OCH3 is 1. The Morgan fingerprint density at radius 2 is 2.00 bits per heavy atom. The molecular weight excluding hydrogens is 318 g/mol. The minimum Gasteiger partial charge on any atom is -0.497 e. The lowest BCUT2D eigenvalue weighted by Crippen LogP contribution is -2.39. The molecule has 2 heterocycles. The third-order valence-corrected chi connectivity index (χ3v) is 4.66.